The van der Waals surface area contributed by atoms with Gasteiger partial charge in [0.1, 0.15) is 18.1 Å². The Kier molecular flexibility index (Phi) is 16.1. The zero-order valence-electron chi connectivity index (χ0n) is 31.7. The Morgan fingerprint density at radius 2 is 1.12 bits per heavy atom. The summed E-state index contributed by atoms with van der Waals surface area (Å²) in [5, 5.41) is 7.33. The van der Waals surface area contributed by atoms with Gasteiger partial charge in [0, 0.05) is 44.8 Å². The number of hydrogen-bond donors (Lipinski definition) is 3. The van der Waals surface area contributed by atoms with Crippen LogP contribution in [-0.4, -0.2) is 102 Å². The Morgan fingerprint density at radius 3 is 1.62 bits per heavy atom. The number of benzene rings is 1. The molecule has 4 atom stereocenters. The molecule has 270 valence electrons. The van der Waals surface area contributed by atoms with Crippen LogP contribution in [0.1, 0.15) is 86.6 Å². The van der Waals surface area contributed by atoms with Crippen LogP contribution in [0.15, 0.2) is 30.5 Å². The summed E-state index contributed by atoms with van der Waals surface area (Å²) >= 11 is 0. The lowest BCUT2D eigenvalue weighted by atomic mass is 9.95. The molecule has 0 aliphatic rings. The average molecular weight is 669 g/mol. The van der Waals surface area contributed by atoms with Crippen molar-refractivity contribution in [3.05, 3.63) is 36.0 Å². The van der Waals surface area contributed by atoms with Gasteiger partial charge in [-0.2, -0.15) is 0 Å². The molecule has 0 unspecified atom stereocenters. The first-order valence-electron chi connectivity index (χ1n) is 17.8. The van der Waals surface area contributed by atoms with Crippen LogP contribution in [0.3, 0.4) is 0 Å². The average Bonchev–Trinajstić information content (AvgIpc) is 3.44. The molecular formula is C38H64N6O4. The standard InChI is InChI=1S/C38H64N6O4/c1-24(2)19-31(39-9)36(46)43(11)33(21-26(5)6)38(48)44(12)34(22-27(7)8)37(47)42(10)32(20-25(3)4)35(45)40-18-17-28-23-41-30-16-14-13-15-29(28)30/h13-16,23-27,31-34,39,41H,17-22H2,1-12H3,(H,40,45)/t31-,32-,33-,34-/m0/s1. The van der Waals surface area contributed by atoms with Crippen LogP contribution in [0.4, 0.5) is 0 Å². The summed E-state index contributed by atoms with van der Waals surface area (Å²) in [6.45, 7) is 16.7. The molecule has 0 bridgehead atoms. The van der Waals surface area contributed by atoms with E-state index in [1.54, 1.807) is 33.1 Å². The molecule has 2 aromatic rings. The number of aromatic amines is 1. The van der Waals surface area contributed by atoms with Gasteiger partial charge in [-0.15, -0.1) is 0 Å². The van der Waals surface area contributed by atoms with Gasteiger partial charge in [-0.05, 0) is 74.5 Å². The quantitative estimate of drug-likeness (QED) is 0.193. The van der Waals surface area contributed by atoms with Gasteiger partial charge in [-0.3, -0.25) is 19.2 Å². The maximum absolute atomic E-state index is 14.3. The van der Waals surface area contributed by atoms with E-state index in [1.807, 2.05) is 65.9 Å². The van der Waals surface area contributed by atoms with Gasteiger partial charge in [-0.25, -0.2) is 0 Å². The van der Waals surface area contributed by atoms with E-state index in [0.717, 1.165) is 16.5 Å². The van der Waals surface area contributed by atoms with Crippen molar-refractivity contribution in [1.82, 2.24) is 30.3 Å². The summed E-state index contributed by atoms with van der Waals surface area (Å²) in [6, 6.07) is 5.46. The third-order valence-corrected chi connectivity index (χ3v) is 9.12. The Hall–Kier alpha value is -3.40. The molecule has 0 fully saturated rings. The number of aromatic nitrogens is 1. The SMILES string of the molecule is CN[C@@H](CC(C)C)C(=O)N(C)[C@@H](CC(C)C)C(=O)N(C)[C@@H](CC(C)C)C(=O)N(C)[C@@H](CC(C)C)C(=O)NCCc1c[nH]c2ccccc12. The highest BCUT2D eigenvalue weighted by Gasteiger charge is 2.39. The van der Waals surface area contributed by atoms with E-state index in [0.29, 0.717) is 44.6 Å². The highest BCUT2D eigenvalue weighted by Crippen LogP contribution is 2.22. The van der Waals surface area contributed by atoms with Crippen LogP contribution < -0.4 is 10.6 Å². The smallest absolute Gasteiger partial charge is 0.245 e. The van der Waals surface area contributed by atoms with Crippen LogP contribution in [0, 0.1) is 23.7 Å². The summed E-state index contributed by atoms with van der Waals surface area (Å²) in [7, 11) is 6.79. The first kappa shape index (κ1) is 40.8. The first-order chi connectivity index (χ1) is 22.5. The van der Waals surface area contributed by atoms with Gasteiger partial charge in [0.05, 0.1) is 6.04 Å². The zero-order chi connectivity index (χ0) is 36.3. The van der Waals surface area contributed by atoms with Crippen molar-refractivity contribution in [3.63, 3.8) is 0 Å². The van der Waals surface area contributed by atoms with Gasteiger partial charge in [0.15, 0.2) is 0 Å². The maximum Gasteiger partial charge on any atom is 0.245 e. The molecule has 0 radical (unpaired) electrons. The molecule has 0 aliphatic carbocycles. The van der Waals surface area contributed by atoms with Crippen LogP contribution >= 0.6 is 0 Å². The van der Waals surface area contributed by atoms with Crippen molar-refractivity contribution in [2.75, 3.05) is 34.7 Å². The molecule has 10 nitrogen and oxygen atoms in total. The van der Waals surface area contributed by atoms with Crippen molar-refractivity contribution in [1.29, 1.82) is 0 Å². The minimum absolute atomic E-state index is 0.110. The normalized spacial score (nSPS) is 14.3. The third-order valence-electron chi connectivity index (χ3n) is 9.12. The highest BCUT2D eigenvalue weighted by molar-refractivity contribution is 5.94. The Morgan fingerprint density at radius 1 is 0.667 bits per heavy atom. The molecule has 4 amide bonds. The Labute approximate surface area is 289 Å². The lowest BCUT2D eigenvalue weighted by Gasteiger charge is -2.39. The molecule has 1 aromatic carbocycles. The minimum atomic E-state index is -0.787. The minimum Gasteiger partial charge on any atom is -0.361 e. The fourth-order valence-corrected chi connectivity index (χ4v) is 6.40. The number of carbonyl (C=O) groups is 4. The number of para-hydroxylation sites is 1. The van der Waals surface area contributed by atoms with Crippen molar-refractivity contribution >= 4 is 34.5 Å². The Bertz CT molecular complexity index is 1340. The fraction of sp³-hybridized carbons (Fsp3) is 0.684. The van der Waals surface area contributed by atoms with Gasteiger partial charge in [0.25, 0.3) is 0 Å². The number of likely N-dealkylation sites (N-methyl/N-ethyl adjacent to an activating group) is 4. The number of H-pyrrole nitrogens is 1. The third kappa shape index (κ3) is 11.3. The molecule has 1 heterocycles. The van der Waals surface area contributed by atoms with E-state index >= 15 is 0 Å². The predicted molar refractivity (Wildman–Crippen MR) is 195 cm³/mol. The largest absolute Gasteiger partial charge is 0.361 e. The molecular weight excluding hydrogens is 604 g/mol. The Balaban J connectivity index is 2.30. The van der Waals surface area contributed by atoms with E-state index in [-0.39, 0.29) is 41.4 Å². The number of amides is 4. The van der Waals surface area contributed by atoms with Crippen molar-refractivity contribution < 1.29 is 19.2 Å². The number of carbonyl (C=O) groups excluding carboxylic acids is 4. The second-order valence-corrected chi connectivity index (χ2v) is 15.2. The summed E-state index contributed by atoms with van der Waals surface area (Å²) in [5.41, 5.74) is 2.18. The summed E-state index contributed by atoms with van der Waals surface area (Å²) in [6.07, 6.45) is 4.67. The van der Waals surface area contributed by atoms with Crippen molar-refractivity contribution in [2.45, 2.75) is 112 Å². The van der Waals surface area contributed by atoms with E-state index < -0.39 is 24.2 Å². The van der Waals surface area contributed by atoms with Crippen LogP contribution in [-0.2, 0) is 25.6 Å². The maximum atomic E-state index is 14.3. The van der Waals surface area contributed by atoms with Crippen LogP contribution in [0.2, 0.25) is 0 Å². The van der Waals surface area contributed by atoms with E-state index in [1.165, 1.54) is 9.80 Å². The van der Waals surface area contributed by atoms with Gasteiger partial charge in [0.2, 0.25) is 23.6 Å². The highest BCUT2D eigenvalue weighted by atomic mass is 16.2. The monoisotopic (exact) mass is 668 g/mol. The van der Waals surface area contributed by atoms with Gasteiger partial charge in [-0.1, -0.05) is 73.6 Å². The second-order valence-electron chi connectivity index (χ2n) is 15.2. The molecule has 0 saturated carbocycles. The molecule has 0 saturated heterocycles. The summed E-state index contributed by atoms with van der Waals surface area (Å²) in [5.74, 6) is -0.169. The fourth-order valence-electron chi connectivity index (χ4n) is 6.40. The van der Waals surface area contributed by atoms with E-state index in [9.17, 15) is 19.2 Å². The number of fused-ring (bicyclic) bond motifs is 1. The van der Waals surface area contributed by atoms with Crippen LogP contribution in [0.25, 0.3) is 10.9 Å². The van der Waals surface area contributed by atoms with E-state index in [4.69, 9.17) is 0 Å². The number of rotatable bonds is 19. The number of nitrogens with zero attached hydrogens (tertiary/aromatic N) is 3. The molecule has 3 N–H and O–H groups in total. The number of hydrogen-bond acceptors (Lipinski definition) is 5. The summed E-state index contributed by atoms with van der Waals surface area (Å²) < 4.78 is 0. The van der Waals surface area contributed by atoms with Gasteiger partial charge < -0.3 is 30.3 Å². The van der Waals surface area contributed by atoms with Crippen molar-refractivity contribution in [3.8, 4) is 0 Å². The lowest BCUT2D eigenvalue weighted by Crippen LogP contribution is -2.59. The predicted octanol–water partition coefficient (Wildman–Crippen LogP) is 5.08. The molecule has 0 spiro atoms. The summed E-state index contributed by atoms with van der Waals surface area (Å²) in [4.78, 5) is 63.8. The topological polar surface area (TPSA) is 118 Å². The first-order valence-corrected chi connectivity index (χ1v) is 17.8. The molecule has 48 heavy (non-hydrogen) atoms. The lowest BCUT2D eigenvalue weighted by molar-refractivity contribution is -0.153. The second kappa shape index (κ2) is 19.0. The zero-order valence-corrected chi connectivity index (χ0v) is 31.7. The molecule has 10 heteroatoms. The molecule has 2 rings (SSSR count). The van der Waals surface area contributed by atoms with Crippen LogP contribution in [0.5, 0.6) is 0 Å². The molecule has 1 aromatic heterocycles. The van der Waals surface area contributed by atoms with Gasteiger partial charge >= 0.3 is 0 Å². The molecule has 0 aliphatic heterocycles. The number of nitrogens with one attached hydrogen (secondary N) is 3. The van der Waals surface area contributed by atoms with E-state index in [2.05, 4.69) is 35.5 Å². The van der Waals surface area contributed by atoms with Crippen molar-refractivity contribution in [2.24, 2.45) is 23.7 Å².